The molecule has 172 valence electrons. The van der Waals surface area contributed by atoms with Gasteiger partial charge in [0, 0.05) is 13.1 Å². The molecule has 11 nitrogen and oxygen atoms in total. The number of hydrogen-bond donors (Lipinski definition) is 9. The van der Waals surface area contributed by atoms with E-state index in [0.29, 0.717) is 6.54 Å². The zero-order valence-corrected chi connectivity index (χ0v) is 16.3. The number of ether oxygens (including phenoxy) is 2. The van der Waals surface area contributed by atoms with E-state index in [9.17, 15) is 40.9 Å². The molecule has 1 fully saturated rings. The molecule has 0 unspecified atom stereocenters. The Kier molecular flexibility index (Phi) is 10.0. The molecule has 1 saturated heterocycles. The van der Waals surface area contributed by atoms with E-state index in [1.54, 1.807) is 0 Å². The van der Waals surface area contributed by atoms with Crippen LogP contribution in [-0.2, 0) is 16.0 Å². The van der Waals surface area contributed by atoms with Gasteiger partial charge in [-0.1, -0.05) is 30.3 Å². The largest absolute Gasteiger partial charge is 0.394 e. The molecule has 1 aromatic rings. The standard InChI is InChI=1S/C19H31NO10/c21-8-12(24)18(30-19-17(28)16(27)15(26)13(9-22)29-19)14(25)11(23)7-20-6-10-4-2-1-3-5-10/h1-5,11-28H,6-9H2/t11-,12+,13+,14+,15+,16-,17+,18+,19-/m0/s1. The highest BCUT2D eigenvalue weighted by atomic mass is 16.7. The summed E-state index contributed by atoms with van der Waals surface area (Å²) in [5.74, 6) is 0. The third kappa shape index (κ3) is 6.39. The Hall–Kier alpha value is -1.22. The summed E-state index contributed by atoms with van der Waals surface area (Å²) in [6, 6.07) is 9.31. The molecule has 1 aromatic carbocycles. The molecule has 0 bridgehead atoms. The molecular formula is C19H31NO10. The summed E-state index contributed by atoms with van der Waals surface area (Å²) in [4.78, 5) is 0. The lowest BCUT2D eigenvalue weighted by atomic mass is 9.98. The molecule has 9 N–H and O–H groups in total. The Morgan fingerprint density at radius 3 is 2.20 bits per heavy atom. The number of hydrogen-bond acceptors (Lipinski definition) is 11. The van der Waals surface area contributed by atoms with Crippen molar-refractivity contribution in [3.63, 3.8) is 0 Å². The summed E-state index contributed by atoms with van der Waals surface area (Å²) in [7, 11) is 0. The Morgan fingerprint density at radius 2 is 1.60 bits per heavy atom. The fraction of sp³-hybridized carbons (Fsp3) is 0.684. The van der Waals surface area contributed by atoms with Crippen LogP contribution in [0.25, 0.3) is 0 Å². The van der Waals surface area contributed by atoms with Crippen LogP contribution >= 0.6 is 0 Å². The van der Waals surface area contributed by atoms with Crippen LogP contribution in [0.2, 0.25) is 0 Å². The van der Waals surface area contributed by atoms with Gasteiger partial charge in [-0.15, -0.1) is 0 Å². The highest BCUT2D eigenvalue weighted by Gasteiger charge is 2.46. The van der Waals surface area contributed by atoms with Gasteiger partial charge >= 0.3 is 0 Å². The third-order valence-corrected chi connectivity index (χ3v) is 4.96. The van der Waals surface area contributed by atoms with Crippen LogP contribution in [0.1, 0.15) is 5.56 Å². The van der Waals surface area contributed by atoms with Gasteiger partial charge in [0.1, 0.15) is 42.7 Å². The Bertz CT molecular complexity index is 606. The summed E-state index contributed by atoms with van der Waals surface area (Å²) in [5, 5.41) is 82.0. The van der Waals surface area contributed by atoms with Crippen molar-refractivity contribution in [1.29, 1.82) is 0 Å². The third-order valence-electron chi connectivity index (χ3n) is 4.96. The summed E-state index contributed by atoms with van der Waals surface area (Å²) < 4.78 is 10.5. The SMILES string of the molecule is OC[C@@H](O)[C@@H](O[C@@H]1O[C@H](CO)[C@@H](O)[C@H](O)[C@H]1O)[C@H](O)[C@@H](O)CNCc1ccccc1. The normalized spacial score (nSPS) is 31.1. The van der Waals surface area contributed by atoms with Gasteiger partial charge in [0.2, 0.25) is 0 Å². The second kappa shape index (κ2) is 12.0. The van der Waals surface area contributed by atoms with Crippen LogP contribution in [0.15, 0.2) is 30.3 Å². The first-order valence-electron chi connectivity index (χ1n) is 9.65. The molecule has 1 aliphatic rings. The summed E-state index contributed by atoms with van der Waals surface area (Å²) in [5.41, 5.74) is 0.948. The van der Waals surface area contributed by atoms with Crippen LogP contribution in [-0.4, -0.2) is 116 Å². The van der Waals surface area contributed by atoms with Gasteiger partial charge < -0.3 is 55.6 Å². The topological polar surface area (TPSA) is 192 Å². The van der Waals surface area contributed by atoms with Gasteiger partial charge in [-0.05, 0) is 5.56 Å². The van der Waals surface area contributed by atoms with E-state index in [0.717, 1.165) is 5.56 Å². The number of nitrogens with one attached hydrogen (secondary N) is 1. The van der Waals surface area contributed by atoms with Gasteiger partial charge in [-0.25, -0.2) is 0 Å². The highest BCUT2D eigenvalue weighted by molar-refractivity contribution is 5.14. The number of rotatable bonds is 11. The lowest BCUT2D eigenvalue weighted by molar-refractivity contribution is -0.327. The molecule has 0 radical (unpaired) electrons. The van der Waals surface area contributed by atoms with Crippen molar-refractivity contribution < 1.29 is 50.3 Å². The Labute approximate surface area is 173 Å². The molecule has 1 heterocycles. The second-order valence-corrected chi connectivity index (χ2v) is 7.22. The molecule has 0 spiro atoms. The lowest BCUT2D eigenvalue weighted by Crippen LogP contribution is -2.61. The van der Waals surface area contributed by atoms with Crippen molar-refractivity contribution in [3.05, 3.63) is 35.9 Å². The van der Waals surface area contributed by atoms with Gasteiger partial charge in [0.25, 0.3) is 0 Å². The number of aliphatic hydroxyl groups excluding tert-OH is 8. The van der Waals surface area contributed by atoms with E-state index < -0.39 is 68.3 Å². The lowest BCUT2D eigenvalue weighted by Gasteiger charge is -2.42. The van der Waals surface area contributed by atoms with E-state index in [1.165, 1.54) is 0 Å². The summed E-state index contributed by atoms with van der Waals surface area (Å²) >= 11 is 0. The monoisotopic (exact) mass is 433 g/mol. The van der Waals surface area contributed by atoms with Gasteiger partial charge in [-0.2, -0.15) is 0 Å². The fourth-order valence-electron chi connectivity index (χ4n) is 3.14. The van der Waals surface area contributed by atoms with Crippen LogP contribution < -0.4 is 5.32 Å². The summed E-state index contributed by atoms with van der Waals surface area (Å²) in [6.07, 6.45) is -14.4. The average molecular weight is 433 g/mol. The van der Waals surface area contributed by atoms with Crippen molar-refractivity contribution in [2.75, 3.05) is 19.8 Å². The van der Waals surface area contributed by atoms with Gasteiger partial charge in [0.05, 0.1) is 19.3 Å². The van der Waals surface area contributed by atoms with E-state index in [-0.39, 0.29) is 6.54 Å². The van der Waals surface area contributed by atoms with Crippen molar-refractivity contribution in [2.45, 2.75) is 61.7 Å². The molecule has 0 saturated carbocycles. The van der Waals surface area contributed by atoms with Crippen LogP contribution in [0.5, 0.6) is 0 Å². The minimum Gasteiger partial charge on any atom is -0.394 e. The maximum Gasteiger partial charge on any atom is 0.187 e. The van der Waals surface area contributed by atoms with Gasteiger partial charge in [-0.3, -0.25) is 0 Å². The predicted molar refractivity (Wildman–Crippen MR) is 102 cm³/mol. The molecule has 30 heavy (non-hydrogen) atoms. The molecule has 2 rings (SSSR count). The molecule has 0 aromatic heterocycles. The van der Waals surface area contributed by atoms with Crippen molar-refractivity contribution >= 4 is 0 Å². The minimum atomic E-state index is -1.77. The zero-order chi connectivity index (χ0) is 22.3. The smallest absolute Gasteiger partial charge is 0.187 e. The first kappa shape index (κ1) is 25.0. The molecular weight excluding hydrogens is 402 g/mol. The van der Waals surface area contributed by atoms with E-state index >= 15 is 0 Å². The molecule has 11 heteroatoms. The van der Waals surface area contributed by atoms with Crippen LogP contribution in [0, 0.1) is 0 Å². The predicted octanol–water partition coefficient (Wildman–Crippen LogP) is -3.96. The van der Waals surface area contributed by atoms with Crippen molar-refractivity contribution in [1.82, 2.24) is 5.32 Å². The maximum absolute atomic E-state index is 10.4. The second-order valence-electron chi connectivity index (χ2n) is 7.22. The number of aliphatic hydroxyl groups is 8. The molecule has 0 aliphatic carbocycles. The maximum atomic E-state index is 10.4. The first-order chi connectivity index (χ1) is 14.3. The highest BCUT2D eigenvalue weighted by Crippen LogP contribution is 2.25. The van der Waals surface area contributed by atoms with Crippen molar-refractivity contribution in [3.8, 4) is 0 Å². The van der Waals surface area contributed by atoms with Crippen molar-refractivity contribution in [2.24, 2.45) is 0 Å². The van der Waals surface area contributed by atoms with Crippen LogP contribution in [0.4, 0.5) is 0 Å². The average Bonchev–Trinajstić information content (AvgIpc) is 2.76. The number of benzene rings is 1. The van der Waals surface area contributed by atoms with Gasteiger partial charge in [0.15, 0.2) is 6.29 Å². The molecule has 0 amide bonds. The molecule has 9 atom stereocenters. The zero-order valence-electron chi connectivity index (χ0n) is 16.3. The van der Waals surface area contributed by atoms with E-state index in [4.69, 9.17) is 9.47 Å². The quantitative estimate of drug-likeness (QED) is 0.165. The Morgan fingerprint density at radius 1 is 0.933 bits per heavy atom. The van der Waals surface area contributed by atoms with E-state index in [2.05, 4.69) is 5.32 Å². The van der Waals surface area contributed by atoms with E-state index in [1.807, 2.05) is 30.3 Å². The first-order valence-corrected chi connectivity index (χ1v) is 9.65. The minimum absolute atomic E-state index is 0.0806. The fourth-order valence-corrected chi connectivity index (χ4v) is 3.14. The Balaban J connectivity index is 1.99. The summed E-state index contributed by atoms with van der Waals surface area (Å²) in [6.45, 7) is -1.19. The molecule has 1 aliphatic heterocycles. The van der Waals surface area contributed by atoms with Crippen LogP contribution in [0.3, 0.4) is 0 Å².